The van der Waals surface area contributed by atoms with Crippen molar-refractivity contribution < 1.29 is 22.4 Å². The zero-order valence-electron chi connectivity index (χ0n) is 21.6. The lowest BCUT2D eigenvalue weighted by atomic mass is 10.0. The Bertz CT molecular complexity index is 1440. The molecule has 39 heavy (non-hydrogen) atoms. The zero-order chi connectivity index (χ0) is 27.7. The smallest absolute Gasteiger partial charge is 0.247 e. The third-order valence-corrected chi connectivity index (χ3v) is 7.39. The van der Waals surface area contributed by atoms with Gasteiger partial charge in [0.1, 0.15) is 11.8 Å². The van der Waals surface area contributed by atoms with E-state index in [1.165, 1.54) is 11.2 Å². The molecule has 1 N–H and O–H groups in total. The van der Waals surface area contributed by atoms with Crippen LogP contribution in [0.4, 0.5) is 0 Å². The Balaban J connectivity index is 1.68. The fraction of sp³-hybridized carbons (Fsp3) is 0.200. The van der Waals surface area contributed by atoms with E-state index in [0.717, 1.165) is 21.7 Å². The van der Waals surface area contributed by atoms with Gasteiger partial charge in [0.15, 0.2) is 0 Å². The first-order valence-corrected chi connectivity index (χ1v) is 14.3. The summed E-state index contributed by atoms with van der Waals surface area (Å²) in [6.45, 7) is -0.136. The maximum Gasteiger partial charge on any atom is 0.247 e. The van der Waals surface area contributed by atoms with E-state index in [0.29, 0.717) is 11.3 Å². The standard InChI is InChI=1S/C30H31N3O5S/c1-39(36,37)32(21-24-12-5-2-6-13-24)23-28(34)33(22-25-14-7-3-8-15-25)29(26-16-9-4-10-17-26)30(35)31-20-27-18-11-19-38-27/h2-19,29H,20-23H2,1H3,(H,31,35)/t29-/m1/s1. The molecule has 0 aliphatic heterocycles. The summed E-state index contributed by atoms with van der Waals surface area (Å²) in [5, 5.41) is 2.87. The molecular weight excluding hydrogens is 514 g/mol. The van der Waals surface area contributed by atoms with Crippen LogP contribution >= 0.6 is 0 Å². The molecule has 0 radical (unpaired) electrons. The third kappa shape index (κ3) is 7.89. The summed E-state index contributed by atoms with van der Waals surface area (Å²) in [5.41, 5.74) is 2.16. The molecule has 9 heteroatoms. The first-order chi connectivity index (χ1) is 18.8. The van der Waals surface area contributed by atoms with E-state index >= 15 is 0 Å². The highest BCUT2D eigenvalue weighted by Crippen LogP contribution is 2.25. The Kier molecular flexibility index (Phi) is 9.30. The van der Waals surface area contributed by atoms with Crippen LogP contribution in [0.1, 0.15) is 28.5 Å². The fourth-order valence-corrected chi connectivity index (χ4v) is 4.94. The van der Waals surface area contributed by atoms with Gasteiger partial charge in [0.25, 0.3) is 0 Å². The summed E-state index contributed by atoms with van der Waals surface area (Å²) in [4.78, 5) is 29.1. The summed E-state index contributed by atoms with van der Waals surface area (Å²) < 4.78 is 31.9. The number of sulfonamides is 1. The van der Waals surface area contributed by atoms with E-state index in [1.807, 2.05) is 54.6 Å². The maximum atomic E-state index is 14.0. The lowest BCUT2D eigenvalue weighted by Crippen LogP contribution is -2.47. The minimum Gasteiger partial charge on any atom is -0.467 e. The predicted octanol–water partition coefficient (Wildman–Crippen LogP) is 4.13. The van der Waals surface area contributed by atoms with Gasteiger partial charge < -0.3 is 14.6 Å². The van der Waals surface area contributed by atoms with Gasteiger partial charge in [-0.3, -0.25) is 9.59 Å². The van der Waals surface area contributed by atoms with Gasteiger partial charge >= 0.3 is 0 Å². The number of nitrogens with one attached hydrogen (secondary N) is 1. The Morgan fingerprint density at radius 2 is 1.36 bits per heavy atom. The molecule has 0 spiro atoms. The molecule has 0 bridgehead atoms. The van der Waals surface area contributed by atoms with Crippen molar-refractivity contribution in [2.24, 2.45) is 0 Å². The Hall–Kier alpha value is -4.21. The lowest BCUT2D eigenvalue weighted by molar-refractivity contribution is -0.142. The van der Waals surface area contributed by atoms with Crippen molar-refractivity contribution in [2.45, 2.75) is 25.7 Å². The Morgan fingerprint density at radius 1 is 0.795 bits per heavy atom. The van der Waals surface area contributed by atoms with Gasteiger partial charge in [0.2, 0.25) is 21.8 Å². The van der Waals surface area contributed by atoms with Gasteiger partial charge in [0.05, 0.1) is 25.6 Å². The van der Waals surface area contributed by atoms with E-state index in [-0.39, 0.29) is 19.6 Å². The first kappa shape index (κ1) is 27.8. The van der Waals surface area contributed by atoms with Crippen molar-refractivity contribution in [2.75, 3.05) is 12.8 Å². The topological polar surface area (TPSA) is 99.9 Å². The number of amides is 2. The quantitative estimate of drug-likeness (QED) is 0.289. The van der Waals surface area contributed by atoms with Crippen LogP contribution < -0.4 is 5.32 Å². The molecule has 2 amide bonds. The average molecular weight is 546 g/mol. The SMILES string of the molecule is CS(=O)(=O)N(CC(=O)N(Cc1ccccc1)[C@@H](C(=O)NCc1ccco1)c1ccccc1)Cc1ccccc1. The van der Waals surface area contributed by atoms with Crippen molar-refractivity contribution in [3.05, 3.63) is 132 Å². The molecule has 4 aromatic rings. The molecule has 0 fully saturated rings. The van der Waals surface area contributed by atoms with Gasteiger partial charge in [-0.1, -0.05) is 91.0 Å². The number of benzene rings is 3. The summed E-state index contributed by atoms with van der Waals surface area (Å²) in [6, 6.07) is 29.8. The molecule has 0 aliphatic carbocycles. The number of hydrogen-bond donors (Lipinski definition) is 1. The Labute approximate surface area is 228 Å². The van der Waals surface area contributed by atoms with Crippen LogP contribution in [0.2, 0.25) is 0 Å². The molecule has 1 aromatic heterocycles. The van der Waals surface area contributed by atoms with Crippen LogP contribution in [0.15, 0.2) is 114 Å². The maximum absolute atomic E-state index is 14.0. The van der Waals surface area contributed by atoms with Crippen molar-refractivity contribution in [1.82, 2.24) is 14.5 Å². The van der Waals surface area contributed by atoms with Gasteiger partial charge in [-0.25, -0.2) is 8.42 Å². The fourth-order valence-electron chi connectivity index (χ4n) is 4.21. The number of carbonyl (C=O) groups excluding carboxylic acids is 2. The highest BCUT2D eigenvalue weighted by molar-refractivity contribution is 7.88. The second-order valence-electron chi connectivity index (χ2n) is 9.13. The minimum atomic E-state index is -3.74. The van der Waals surface area contributed by atoms with Crippen LogP contribution in [0.5, 0.6) is 0 Å². The van der Waals surface area contributed by atoms with Crippen molar-refractivity contribution in [3.63, 3.8) is 0 Å². The van der Waals surface area contributed by atoms with E-state index in [9.17, 15) is 18.0 Å². The van der Waals surface area contributed by atoms with Crippen LogP contribution in [-0.4, -0.2) is 42.2 Å². The second-order valence-corrected chi connectivity index (χ2v) is 11.1. The van der Waals surface area contributed by atoms with Crippen LogP contribution in [0.3, 0.4) is 0 Å². The molecule has 8 nitrogen and oxygen atoms in total. The van der Waals surface area contributed by atoms with Gasteiger partial charge in [-0.2, -0.15) is 4.31 Å². The third-order valence-electron chi connectivity index (χ3n) is 6.19. The number of rotatable bonds is 12. The van der Waals surface area contributed by atoms with Gasteiger partial charge in [-0.15, -0.1) is 0 Å². The van der Waals surface area contributed by atoms with Crippen molar-refractivity contribution in [3.8, 4) is 0 Å². The summed E-state index contributed by atoms with van der Waals surface area (Å²) in [7, 11) is -3.74. The molecule has 1 heterocycles. The Morgan fingerprint density at radius 3 is 1.90 bits per heavy atom. The molecule has 1 atom stereocenters. The molecule has 4 rings (SSSR count). The number of carbonyl (C=O) groups is 2. The summed E-state index contributed by atoms with van der Waals surface area (Å²) >= 11 is 0. The van der Waals surface area contributed by atoms with E-state index in [2.05, 4.69) is 5.32 Å². The van der Waals surface area contributed by atoms with E-state index < -0.39 is 34.4 Å². The van der Waals surface area contributed by atoms with E-state index in [1.54, 1.807) is 48.5 Å². The second kappa shape index (κ2) is 13.0. The average Bonchev–Trinajstić information content (AvgIpc) is 3.46. The number of nitrogens with zero attached hydrogens (tertiary/aromatic N) is 2. The molecule has 0 saturated carbocycles. The lowest BCUT2D eigenvalue weighted by Gasteiger charge is -2.33. The molecular formula is C30H31N3O5S. The normalized spacial score (nSPS) is 12.2. The number of furan rings is 1. The number of hydrogen-bond acceptors (Lipinski definition) is 5. The molecule has 3 aromatic carbocycles. The monoisotopic (exact) mass is 545 g/mol. The van der Waals surface area contributed by atoms with Gasteiger partial charge in [0, 0.05) is 13.1 Å². The summed E-state index contributed by atoms with van der Waals surface area (Å²) in [5.74, 6) is -0.333. The summed E-state index contributed by atoms with van der Waals surface area (Å²) in [6.07, 6.45) is 2.60. The van der Waals surface area contributed by atoms with Crippen molar-refractivity contribution in [1.29, 1.82) is 0 Å². The zero-order valence-corrected chi connectivity index (χ0v) is 22.5. The predicted molar refractivity (Wildman–Crippen MR) is 148 cm³/mol. The first-order valence-electron chi connectivity index (χ1n) is 12.5. The van der Waals surface area contributed by atoms with Crippen LogP contribution in [0, 0.1) is 0 Å². The van der Waals surface area contributed by atoms with Crippen LogP contribution in [-0.2, 0) is 39.2 Å². The molecule has 0 unspecified atom stereocenters. The molecule has 0 saturated heterocycles. The minimum absolute atomic E-state index is 0.0330. The van der Waals surface area contributed by atoms with E-state index in [4.69, 9.17) is 4.42 Å². The molecule has 202 valence electrons. The van der Waals surface area contributed by atoms with Gasteiger partial charge in [-0.05, 0) is 28.8 Å². The largest absolute Gasteiger partial charge is 0.467 e. The highest BCUT2D eigenvalue weighted by atomic mass is 32.2. The van der Waals surface area contributed by atoms with Crippen LogP contribution in [0.25, 0.3) is 0 Å². The van der Waals surface area contributed by atoms with Crippen molar-refractivity contribution >= 4 is 21.8 Å². The highest BCUT2D eigenvalue weighted by Gasteiger charge is 2.33. The molecule has 0 aliphatic rings.